The van der Waals surface area contributed by atoms with E-state index in [0.29, 0.717) is 29.2 Å². The number of benzene rings is 1. The van der Waals surface area contributed by atoms with E-state index in [-0.39, 0.29) is 10.3 Å². The van der Waals surface area contributed by atoms with Crippen molar-refractivity contribution in [2.75, 3.05) is 25.4 Å². The largest absolute Gasteiger partial charge is 0.398 e. The number of nitrogens with two attached hydrogens (primary N) is 1. The van der Waals surface area contributed by atoms with Crippen LogP contribution in [-0.2, 0) is 10.0 Å². The Labute approximate surface area is 145 Å². The average Bonchev–Trinajstić information content (AvgIpc) is 2.81. The van der Waals surface area contributed by atoms with Crippen LogP contribution < -0.4 is 16.5 Å². The van der Waals surface area contributed by atoms with Gasteiger partial charge in [0.15, 0.2) is 0 Å². The van der Waals surface area contributed by atoms with Gasteiger partial charge in [0.2, 0.25) is 5.96 Å². The van der Waals surface area contributed by atoms with Gasteiger partial charge < -0.3 is 11.1 Å². The van der Waals surface area contributed by atoms with Crippen molar-refractivity contribution in [3.8, 4) is 0 Å². The van der Waals surface area contributed by atoms with Crippen molar-refractivity contribution in [1.29, 1.82) is 0 Å². The summed E-state index contributed by atoms with van der Waals surface area (Å²) in [5, 5.41) is 4.76. The predicted molar refractivity (Wildman–Crippen MR) is 95.3 cm³/mol. The lowest BCUT2D eigenvalue weighted by atomic mass is 9.96. The van der Waals surface area contributed by atoms with Gasteiger partial charge in [0.25, 0.3) is 10.0 Å². The van der Waals surface area contributed by atoms with E-state index in [0.717, 1.165) is 6.54 Å². The van der Waals surface area contributed by atoms with Crippen LogP contribution in [0.1, 0.15) is 20.8 Å². The molecule has 0 aliphatic carbocycles. The zero-order valence-electron chi connectivity index (χ0n) is 13.4. The Bertz CT molecular complexity index is 718. The number of rotatable bonds is 3. The lowest BCUT2D eigenvalue weighted by Crippen LogP contribution is -2.46. The van der Waals surface area contributed by atoms with E-state index in [4.69, 9.17) is 5.73 Å². The third-order valence-corrected chi connectivity index (χ3v) is 5.35. The number of nitrogens with zero attached hydrogens (tertiary/aromatic N) is 2. The van der Waals surface area contributed by atoms with Gasteiger partial charge in [-0.2, -0.15) is 8.42 Å². The van der Waals surface area contributed by atoms with Crippen molar-refractivity contribution in [3.05, 3.63) is 22.7 Å². The van der Waals surface area contributed by atoms with Gasteiger partial charge in [-0.25, -0.2) is 5.43 Å². The second kappa shape index (κ2) is 6.66. The average molecular weight is 404 g/mol. The minimum Gasteiger partial charge on any atom is -0.398 e. The molecule has 23 heavy (non-hydrogen) atoms. The molecule has 1 aliphatic heterocycles. The van der Waals surface area contributed by atoms with Crippen LogP contribution in [0.2, 0.25) is 0 Å². The van der Waals surface area contributed by atoms with Gasteiger partial charge in [0.05, 0.1) is 4.90 Å². The molecule has 4 N–H and O–H groups in total. The number of nitrogen functional groups attached to an aromatic ring is 1. The van der Waals surface area contributed by atoms with E-state index in [1.807, 2.05) is 6.92 Å². The minimum absolute atomic E-state index is 0.0458. The number of nitrogens with one attached hydrogen (secondary N) is 2. The number of anilines is 1. The maximum atomic E-state index is 12.6. The van der Waals surface area contributed by atoms with E-state index in [2.05, 4.69) is 44.9 Å². The van der Waals surface area contributed by atoms with Crippen LogP contribution >= 0.6 is 15.9 Å². The molecule has 0 radical (unpaired) electrons. The van der Waals surface area contributed by atoms with Gasteiger partial charge >= 0.3 is 0 Å². The molecule has 1 aromatic rings. The molecule has 1 aromatic carbocycles. The number of hydrogen-bond donors (Lipinski definition) is 3. The molecule has 0 atom stereocenters. The van der Waals surface area contributed by atoms with Crippen molar-refractivity contribution in [1.82, 2.24) is 15.8 Å². The Morgan fingerprint density at radius 3 is 2.74 bits per heavy atom. The molecular weight excluding hydrogens is 382 g/mol. The Balaban J connectivity index is 2.35. The zero-order valence-corrected chi connectivity index (χ0v) is 15.8. The van der Waals surface area contributed by atoms with Gasteiger partial charge in [-0.1, -0.05) is 13.8 Å². The molecule has 1 saturated heterocycles. The van der Waals surface area contributed by atoms with Gasteiger partial charge in [0.1, 0.15) is 0 Å². The summed E-state index contributed by atoms with van der Waals surface area (Å²) in [4.78, 5) is 0.0902. The highest BCUT2D eigenvalue weighted by Gasteiger charge is 2.32. The highest BCUT2D eigenvalue weighted by atomic mass is 79.9. The van der Waals surface area contributed by atoms with Crippen LogP contribution in [-0.4, -0.2) is 39.0 Å². The van der Waals surface area contributed by atoms with Crippen LogP contribution in [0.15, 0.2) is 32.0 Å². The molecule has 1 aliphatic rings. The van der Waals surface area contributed by atoms with Crippen molar-refractivity contribution in [3.63, 3.8) is 0 Å². The summed E-state index contributed by atoms with van der Waals surface area (Å²) in [5.41, 5.74) is 9.40. The monoisotopic (exact) mass is 403 g/mol. The lowest BCUT2D eigenvalue weighted by Gasteiger charge is -2.22. The van der Waals surface area contributed by atoms with Gasteiger partial charge in [-0.3, -0.25) is 5.01 Å². The van der Waals surface area contributed by atoms with E-state index >= 15 is 0 Å². The van der Waals surface area contributed by atoms with Gasteiger partial charge in [-0.15, -0.1) is 4.40 Å². The first-order chi connectivity index (χ1) is 10.6. The van der Waals surface area contributed by atoms with Crippen LogP contribution in [0.4, 0.5) is 5.69 Å². The molecule has 0 amide bonds. The van der Waals surface area contributed by atoms with E-state index in [1.165, 1.54) is 18.2 Å². The molecular formula is C14H22BrN5O2S. The molecule has 1 fully saturated rings. The summed E-state index contributed by atoms with van der Waals surface area (Å²) >= 11 is 3.24. The standard InChI is InChI=1S/C14H22BrN5O2S/c1-4-17-13(20-9-14(2,3)8-18-20)19-23(21,22)10-5-6-12(16)11(15)7-10/h5-7,18H,4,8-9,16H2,1-3H3,(H,17,19). The first-order valence-electron chi connectivity index (χ1n) is 7.29. The fourth-order valence-electron chi connectivity index (χ4n) is 2.17. The molecule has 0 saturated carbocycles. The Morgan fingerprint density at radius 2 is 2.22 bits per heavy atom. The van der Waals surface area contributed by atoms with Crippen LogP contribution in [0, 0.1) is 5.41 Å². The normalized spacial score (nSPS) is 18.3. The van der Waals surface area contributed by atoms with Crippen LogP contribution in [0.25, 0.3) is 0 Å². The van der Waals surface area contributed by atoms with Crippen molar-refractivity contribution in [2.45, 2.75) is 25.7 Å². The lowest BCUT2D eigenvalue weighted by molar-refractivity contribution is 0.356. The molecule has 0 unspecified atom stereocenters. The Morgan fingerprint density at radius 1 is 1.52 bits per heavy atom. The summed E-state index contributed by atoms with van der Waals surface area (Å²) in [7, 11) is -3.84. The number of halogens is 1. The van der Waals surface area contributed by atoms with Crippen molar-refractivity contribution >= 4 is 37.6 Å². The fourth-order valence-corrected chi connectivity index (χ4v) is 3.70. The third kappa shape index (κ3) is 4.36. The number of hydrazine groups is 1. The molecule has 7 nitrogen and oxygen atoms in total. The second-order valence-corrected chi connectivity index (χ2v) is 8.65. The smallest absolute Gasteiger partial charge is 0.285 e. The number of hydrogen-bond acceptors (Lipinski definition) is 4. The zero-order chi connectivity index (χ0) is 17.3. The molecule has 2 rings (SSSR count). The topological polar surface area (TPSA) is 99.8 Å². The summed E-state index contributed by atoms with van der Waals surface area (Å²) in [5.74, 6) is 0.297. The molecule has 1 heterocycles. The van der Waals surface area contributed by atoms with E-state index in [9.17, 15) is 8.42 Å². The molecule has 0 bridgehead atoms. The quantitative estimate of drug-likeness (QED) is 0.402. The molecule has 0 spiro atoms. The summed E-state index contributed by atoms with van der Waals surface area (Å²) < 4.78 is 29.6. The maximum absolute atomic E-state index is 12.6. The summed E-state index contributed by atoms with van der Waals surface area (Å²) in [6.45, 7) is 8.09. The highest BCUT2D eigenvalue weighted by molar-refractivity contribution is 9.10. The summed E-state index contributed by atoms with van der Waals surface area (Å²) in [6, 6.07) is 4.44. The fraction of sp³-hybridized carbons (Fsp3) is 0.500. The number of sulfonamides is 1. The third-order valence-electron chi connectivity index (χ3n) is 3.40. The van der Waals surface area contributed by atoms with Crippen molar-refractivity contribution in [2.24, 2.45) is 9.81 Å². The second-order valence-electron chi connectivity index (χ2n) is 6.19. The molecule has 128 valence electrons. The highest BCUT2D eigenvalue weighted by Crippen LogP contribution is 2.25. The number of guanidine groups is 1. The van der Waals surface area contributed by atoms with Crippen molar-refractivity contribution < 1.29 is 8.42 Å². The van der Waals surface area contributed by atoms with Gasteiger partial charge in [-0.05, 0) is 46.5 Å². The maximum Gasteiger partial charge on any atom is 0.285 e. The predicted octanol–water partition coefficient (Wildman–Crippen LogP) is 1.53. The molecule has 9 heteroatoms. The van der Waals surface area contributed by atoms with E-state index < -0.39 is 10.0 Å². The van der Waals surface area contributed by atoms with Crippen LogP contribution in [0.3, 0.4) is 0 Å². The Hall–Kier alpha value is -1.32. The first kappa shape index (κ1) is 18.0. The Kier molecular flexibility index (Phi) is 5.22. The first-order valence-corrected chi connectivity index (χ1v) is 9.53. The van der Waals surface area contributed by atoms with E-state index in [1.54, 1.807) is 5.01 Å². The van der Waals surface area contributed by atoms with Crippen LogP contribution in [0.5, 0.6) is 0 Å². The summed E-state index contributed by atoms with van der Waals surface area (Å²) in [6.07, 6.45) is 0. The minimum atomic E-state index is -3.84. The SMILES string of the molecule is CCN/C(=N\S(=O)(=O)c1ccc(N)c(Br)c1)N1CC(C)(C)CN1. The van der Waals surface area contributed by atoms with Gasteiger partial charge in [0, 0.05) is 29.8 Å². The molecule has 0 aromatic heterocycles.